The van der Waals surface area contributed by atoms with Gasteiger partial charge in [0.05, 0.1) is 31.5 Å². The highest BCUT2D eigenvalue weighted by molar-refractivity contribution is 5.83. The van der Waals surface area contributed by atoms with Crippen LogP contribution < -0.4 is 10.1 Å². The van der Waals surface area contributed by atoms with Gasteiger partial charge in [-0.3, -0.25) is 4.98 Å². The number of halogens is 1. The van der Waals surface area contributed by atoms with Crippen molar-refractivity contribution in [3.63, 3.8) is 0 Å². The summed E-state index contributed by atoms with van der Waals surface area (Å²) in [6.45, 7) is -0.0716. The number of hydrogen-bond acceptors (Lipinski definition) is 9. The molecule has 0 saturated carbocycles. The molecule has 0 spiro atoms. The number of methoxy groups -OCH3 is 1. The van der Waals surface area contributed by atoms with E-state index in [1.165, 1.54) is 24.5 Å². The lowest BCUT2D eigenvalue weighted by Crippen LogP contribution is -2.44. The molecule has 0 bridgehead atoms. The molecule has 3 atom stereocenters. The molecule has 0 radical (unpaired) electrons. The molecular weight excluding hydrogens is 497 g/mol. The van der Waals surface area contributed by atoms with Gasteiger partial charge in [0, 0.05) is 24.0 Å². The second-order valence-electron chi connectivity index (χ2n) is 9.02. The number of carbonyl (C=O) groups excluding carboxylic acids is 1. The Morgan fingerprint density at radius 2 is 2.18 bits per heavy atom. The van der Waals surface area contributed by atoms with Crippen LogP contribution in [0, 0.1) is 5.82 Å². The van der Waals surface area contributed by atoms with E-state index in [0.29, 0.717) is 28.0 Å². The van der Waals surface area contributed by atoms with Gasteiger partial charge in [-0.2, -0.15) is 0 Å². The number of aromatic nitrogens is 1. The molecule has 11 heteroatoms. The van der Waals surface area contributed by atoms with Crippen LogP contribution >= 0.6 is 0 Å². The molecule has 1 aliphatic carbocycles. The number of hydrogen-bond donors (Lipinski definition) is 3. The number of nitrogens with zero attached hydrogens (tertiary/aromatic N) is 2. The fourth-order valence-corrected chi connectivity index (χ4v) is 4.45. The van der Waals surface area contributed by atoms with Crippen LogP contribution in [0.3, 0.4) is 0 Å². The number of nitrogens with one attached hydrogen (secondary N) is 1. The highest BCUT2D eigenvalue weighted by atomic mass is 19.1. The number of cyclic esters (lactones) is 1. The topological polar surface area (TPSA) is 123 Å². The van der Waals surface area contributed by atoms with Crippen molar-refractivity contribution >= 4 is 17.0 Å². The maximum Gasteiger partial charge on any atom is 0.417 e. The van der Waals surface area contributed by atoms with Crippen LogP contribution in [0.25, 0.3) is 10.9 Å². The highest BCUT2D eigenvalue weighted by Crippen LogP contribution is 2.30. The Labute approximate surface area is 218 Å². The van der Waals surface area contributed by atoms with E-state index in [1.807, 2.05) is 18.2 Å². The first-order valence-corrected chi connectivity index (χ1v) is 12.2. The maximum atomic E-state index is 14.5. The Kier molecular flexibility index (Phi) is 7.59. The zero-order valence-corrected chi connectivity index (χ0v) is 20.7. The minimum atomic E-state index is -1.40. The monoisotopic (exact) mass is 525 g/mol. The van der Waals surface area contributed by atoms with Crippen molar-refractivity contribution in [1.82, 2.24) is 15.2 Å². The van der Waals surface area contributed by atoms with Crippen molar-refractivity contribution in [3.05, 3.63) is 83.7 Å². The van der Waals surface area contributed by atoms with Crippen molar-refractivity contribution in [2.24, 2.45) is 0 Å². The van der Waals surface area contributed by atoms with Crippen molar-refractivity contribution in [2.75, 3.05) is 20.2 Å². The molecule has 3 N–H and O–H groups in total. The summed E-state index contributed by atoms with van der Waals surface area (Å²) in [7, 11) is 1.52. The molecule has 10 nitrogen and oxygen atoms in total. The Bertz CT molecular complexity index is 1340. The van der Waals surface area contributed by atoms with E-state index in [0.717, 1.165) is 24.6 Å². The zero-order chi connectivity index (χ0) is 26.6. The molecule has 2 aromatic rings. The van der Waals surface area contributed by atoms with Crippen LogP contribution in [-0.4, -0.2) is 64.7 Å². The van der Waals surface area contributed by atoms with Crippen LogP contribution in [0.5, 0.6) is 5.75 Å². The van der Waals surface area contributed by atoms with Gasteiger partial charge in [0.2, 0.25) is 5.88 Å². The molecule has 1 aromatic carbocycles. The van der Waals surface area contributed by atoms with Gasteiger partial charge in [-0.25, -0.2) is 14.1 Å². The molecule has 38 heavy (non-hydrogen) atoms. The minimum absolute atomic E-state index is 0.0537. The largest absolute Gasteiger partial charge is 0.497 e. The third-order valence-electron chi connectivity index (χ3n) is 6.55. The number of ether oxygens (including phenoxy) is 4. The SMILES string of the molecule is COc1ccc2ncc(F)c(CNC[C@H](O)[C@@H](O)[C@@H]3CN(C4=COC=C(C5=CC=CCC5)O4)C(=O)O3)c2c1. The summed E-state index contributed by atoms with van der Waals surface area (Å²) in [6.07, 6.45) is 6.95. The van der Waals surface area contributed by atoms with Crippen LogP contribution in [-0.2, 0) is 20.8 Å². The molecule has 1 aromatic heterocycles. The van der Waals surface area contributed by atoms with Gasteiger partial charge in [-0.1, -0.05) is 18.2 Å². The van der Waals surface area contributed by atoms with Crippen molar-refractivity contribution in [1.29, 1.82) is 0 Å². The average molecular weight is 526 g/mol. The van der Waals surface area contributed by atoms with E-state index < -0.39 is 30.2 Å². The smallest absolute Gasteiger partial charge is 0.417 e. The van der Waals surface area contributed by atoms with Crippen molar-refractivity contribution < 1.29 is 38.3 Å². The first-order valence-electron chi connectivity index (χ1n) is 12.2. The Hall–Kier alpha value is -3.93. The Morgan fingerprint density at radius 1 is 1.32 bits per heavy atom. The lowest BCUT2D eigenvalue weighted by atomic mass is 10.0. The second-order valence-corrected chi connectivity index (χ2v) is 9.02. The molecule has 1 saturated heterocycles. The normalized spacial score (nSPS) is 20.6. The van der Waals surface area contributed by atoms with Gasteiger partial charge < -0.3 is 34.5 Å². The van der Waals surface area contributed by atoms with E-state index in [9.17, 15) is 19.4 Å². The number of aliphatic hydroxyl groups is 2. The molecule has 1 fully saturated rings. The minimum Gasteiger partial charge on any atom is -0.497 e. The lowest BCUT2D eigenvalue weighted by molar-refractivity contribution is -0.0464. The Morgan fingerprint density at radius 3 is 2.97 bits per heavy atom. The molecule has 3 aliphatic rings. The number of benzene rings is 1. The summed E-state index contributed by atoms with van der Waals surface area (Å²) < 4.78 is 36.3. The van der Waals surface area contributed by atoms with Gasteiger partial charge in [-0.15, -0.1) is 0 Å². The zero-order valence-electron chi connectivity index (χ0n) is 20.7. The van der Waals surface area contributed by atoms with Gasteiger partial charge in [0.25, 0.3) is 0 Å². The first-order chi connectivity index (χ1) is 18.4. The van der Waals surface area contributed by atoms with E-state index >= 15 is 0 Å². The van der Waals surface area contributed by atoms with Gasteiger partial charge in [-0.05, 0) is 36.6 Å². The highest BCUT2D eigenvalue weighted by Gasteiger charge is 2.42. The van der Waals surface area contributed by atoms with E-state index in [2.05, 4.69) is 10.3 Å². The fourth-order valence-electron chi connectivity index (χ4n) is 4.45. The summed E-state index contributed by atoms with van der Waals surface area (Å²) in [5.74, 6) is 0.666. The van der Waals surface area contributed by atoms with Crippen LogP contribution in [0.1, 0.15) is 18.4 Å². The van der Waals surface area contributed by atoms with Crippen LogP contribution in [0.4, 0.5) is 9.18 Å². The number of fused-ring (bicyclic) bond motifs is 1. The molecule has 1 amide bonds. The van der Waals surface area contributed by atoms with E-state index in [-0.39, 0.29) is 25.5 Å². The van der Waals surface area contributed by atoms with Gasteiger partial charge in [0.1, 0.15) is 23.9 Å². The third kappa shape index (κ3) is 5.35. The molecule has 2 aliphatic heterocycles. The average Bonchev–Trinajstić information content (AvgIpc) is 3.35. The Balaban J connectivity index is 1.17. The summed E-state index contributed by atoms with van der Waals surface area (Å²) in [4.78, 5) is 17.8. The van der Waals surface area contributed by atoms with E-state index in [4.69, 9.17) is 18.9 Å². The van der Waals surface area contributed by atoms with Crippen LogP contribution in [0.2, 0.25) is 0 Å². The third-order valence-corrected chi connectivity index (χ3v) is 6.55. The number of rotatable bonds is 9. The molecule has 3 heterocycles. The number of amides is 1. The predicted molar refractivity (Wildman–Crippen MR) is 134 cm³/mol. The summed E-state index contributed by atoms with van der Waals surface area (Å²) in [5, 5.41) is 24.8. The second kappa shape index (κ2) is 11.2. The predicted octanol–water partition coefficient (Wildman–Crippen LogP) is 2.98. The first kappa shape index (κ1) is 25.7. The molecular formula is C27H28FN3O7. The summed E-state index contributed by atoms with van der Waals surface area (Å²) >= 11 is 0. The molecule has 5 rings (SSSR count). The van der Waals surface area contributed by atoms with Gasteiger partial charge >= 0.3 is 6.09 Å². The maximum absolute atomic E-state index is 14.5. The fraction of sp³-hybridized carbons (Fsp3) is 0.333. The van der Waals surface area contributed by atoms with Crippen molar-refractivity contribution in [3.8, 4) is 5.75 Å². The number of aliphatic hydroxyl groups excluding tert-OH is 2. The molecule has 0 unspecified atom stereocenters. The number of carbonyl (C=O) groups is 1. The number of allylic oxidation sites excluding steroid dienone is 4. The number of pyridine rings is 1. The quantitative estimate of drug-likeness (QED) is 0.454. The van der Waals surface area contributed by atoms with Gasteiger partial charge in [0.15, 0.2) is 18.1 Å². The standard InChI is InChI=1S/C27H28FN3O7/c1-35-17-7-8-21-18(9-17)19(20(28)11-30-21)10-29-12-22(32)26(33)23-13-31(27(34)38-23)25-15-36-14-24(37-25)16-5-3-2-4-6-16/h2-3,5,7-9,11,14-15,22-23,26,29,32-33H,4,6,10,12-13H2,1H3/t22-,23-,26+/m0/s1. The van der Waals surface area contributed by atoms with E-state index in [1.54, 1.807) is 18.2 Å². The summed E-state index contributed by atoms with van der Waals surface area (Å²) in [5.41, 5.74) is 1.88. The molecule has 200 valence electrons. The van der Waals surface area contributed by atoms with Crippen molar-refractivity contribution in [2.45, 2.75) is 37.7 Å². The van der Waals surface area contributed by atoms with Crippen LogP contribution in [0.15, 0.2) is 72.4 Å². The summed E-state index contributed by atoms with van der Waals surface area (Å²) in [6, 6.07) is 5.15. The lowest BCUT2D eigenvalue weighted by Gasteiger charge is -2.24.